The molecule has 1 aromatic heterocycles. The van der Waals surface area contributed by atoms with Crippen molar-refractivity contribution in [2.24, 2.45) is 0 Å². The topological polar surface area (TPSA) is 80.3 Å². The minimum absolute atomic E-state index is 0.175. The van der Waals surface area contributed by atoms with Crippen molar-refractivity contribution in [3.63, 3.8) is 0 Å². The number of carbonyl (C=O) groups is 2. The smallest absolute Gasteiger partial charge is 0.281 e. The summed E-state index contributed by atoms with van der Waals surface area (Å²) in [5, 5.41) is 0.803. The van der Waals surface area contributed by atoms with Crippen molar-refractivity contribution >= 4 is 23.2 Å². The Balaban J connectivity index is 1.84. The Bertz CT molecular complexity index is 740. The first kappa shape index (κ1) is 17.0. The van der Waals surface area contributed by atoms with E-state index in [1.165, 1.54) is 11.3 Å². The Hall–Kier alpha value is -2.41. The molecule has 23 heavy (non-hydrogen) atoms. The van der Waals surface area contributed by atoms with Gasteiger partial charge in [-0.15, -0.1) is 11.3 Å². The average Bonchev–Trinajstić information content (AvgIpc) is 2.84. The van der Waals surface area contributed by atoms with Crippen LogP contribution in [0.3, 0.4) is 0 Å². The number of benzene rings is 1. The number of nitrogens with zero attached hydrogens (tertiary/aromatic N) is 1. The number of thiazole rings is 1. The van der Waals surface area contributed by atoms with Gasteiger partial charge in [0.25, 0.3) is 11.8 Å². The van der Waals surface area contributed by atoms with Gasteiger partial charge in [-0.05, 0) is 44.9 Å². The van der Waals surface area contributed by atoms with E-state index in [0.717, 1.165) is 16.1 Å². The fraction of sp³-hybridized carbons (Fsp3) is 0.312. The Kier molecular flexibility index (Phi) is 5.33. The van der Waals surface area contributed by atoms with Crippen molar-refractivity contribution in [1.29, 1.82) is 0 Å². The molecule has 2 N–H and O–H groups in total. The summed E-state index contributed by atoms with van der Waals surface area (Å²) in [5.74, 6) is -0.160. The van der Waals surface area contributed by atoms with E-state index >= 15 is 0 Å². The molecule has 0 aliphatic rings. The van der Waals surface area contributed by atoms with Crippen LogP contribution in [0, 0.1) is 27.7 Å². The first-order valence-electron chi connectivity index (χ1n) is 7.10. The molecule has 0 bridgehead atoms. The van der Waals surface area contributed by atoms with Crippen molar-refractivity contribution < 1.29 is 14.3 Å². The van der Waals surface area contributed by atoms with Crippen molar-refractivity contribution in [3.05, 3.63) is 44.9 Å². The van der Waals surface area contributed by atoms with Crippen LogP contribution in [0.4, 0.5) is 0 Å². The van der Waals surface area contributed by atoms with Crippen LogP contribution < -0.4 is 15.6 Å². The Morgan fingerprint density at radius 3 is 2.57 bits per heavy atom. The molecule has 0 unspecified atom stereocenters. The zero-order valence-electron chi connectivity index (χ0n) is 13.5. The molecule has 1 aromatic carbocycles. The molecule has 0 aliphatic heterocycles. The number of aryl methyl sites for hydroxylation is 4. The molecule has 2 amide bonds. The minimum Gasteiger partial charge on any atom is -0.483 e. The molecule has 0 fully saturated rings. The summed E-state index contributed by atoms with van der Waals surface area (Å²) in [6, 6.07) is 5.77. The van der Waals surface area contributed by atoms with Crippen LogP contribution in [0.2, 0.25) is 0 Å². The van der Waals surface area contributed by atoms with Gasteiger partial charge in [-0.3, -0.25) is 20.4 Å². The quantitative estimate of drug-likeness (QED) is 0.841. The molecule has 7 heteroatoms. The van der Waals surface area contributed by atoms with Crippen LogP contribution in [0.5, 0.6) is 5.75 Å². The van der Waals surface area contributed by atoms with Crippen LogP contribution in [0.15, 0.2) is 18.2 Å². The van der Waals surface area contributed by atoms with E-state index in [4.69, 9.17) is 4.74 Å². The molecule has 0 radical (unpaired) electrons. The van der Waals surface area contributed by atoms with Crippen molar-refractivity contribution in [2.75, 3.05) is 6.61 Å². The molecule has 122 valence electrons. The summed E-state index contributed by atoms with van der Waals surface area (Å²) < 4.78 is 5.47. The van der Waals surface area contributed by atoms with Gasteiger partial charge in [-0.1, -0.05) is 12.1 Å². The zero-order valence-corrected chi connectivity index (χ0v) is 14.3. The number of ether oxygens (including phenoxy) is 1. The Labute approximate surface area is 138 Å². The number of hydrogen-bond donors (Lipinski definition) is 2. The number of hydrazine groups is 1. The lowest BCUT2D eigenvalue weighted by Crippen LogP contribution is -2.43. The summed E-state index contributed by atoms with van der Waals surface area (Å²) in [7, 11) is 0. The van der Waals surface area contributed by atoms with Gasteiger partial charge in [0, 0.05) is 0 Å². The van der Waals surface area contributed by atoms with Gasteiger partial charge in [-0.25, -0.2) is 4.98 Å². The zero-order chi connectivity index (χ0) is 17.0. The predicted molar refractivity (Wildman–Crippen MR) is 88.6 cm³/mol. The summed E-state index contributed by atoms with van der Waals surface area (Å²) in [6.07, 6.45) is 0. The normalized spacial score (nSPS) is 10.3. The molecule has 0 aliphatic carbocycles. The molecule has 0 saturated carbocycles. The summed E-state index contributed by atoms with van der Waals surface area (Å²) in [6.45, 7) is 7.26. The molecule has 0 spiro atoms. The number of nitrogens with one attached hydrogen (secondary N) is 2. The van der Waals surface area contributed by atoms with E-state index in [1.54, 1.807) is 6.92 Å². The SMILES string of the molecule is Cc1ccc(C)c(OCC(=O)NNC(=O)c2sc(C)nc2C)c1. The van der Waals surface area contributed by atoms with Crippen molar-refractivity contribution in [2.45, 2.75) is 27.7 Å². The molecule has 2 rings (SSSR count). The maximum Gasteiger partial charge on any atom is 0.281 e. The second kappa shape index (κ2) is 7.23. The molecular formula is C16H19N3O3S. The van der Waals surface area contributed by atoms with Gasteiger partial charge in [0.05, 0.1) is 10.7 Å². The summed E-state index contributed by atoms with van der Waals surface area (Å²) in [5.41, 5.74) is 7.35. The monoisotopic (exact) mass is 333 g/mol. The van der Waals surface area contributed by atoms with E-state index in [0.29, 0.717) is 16.3 Å². The van der Waals surface area contributed by atoms with Crippen LogP contribution in [0.1, 0.15) is 31.5 Å². The van der Waals surface area contributed by atoms with Crippen LogP contribution in [-0.2, 0) is 4.79 Å². The minimum atomic E-state index is -0.432. The first-order chi connectivity index (χ1) is 10.9. The molecular weight excluding hydrogens is 314 g/mol. The molecule has 0 saturated heterocycles. The lowest BCUT2D eigenvalue weighted by atomic mass is 10.1. The fourth-order valence-electron chi connectivity index (χ4n) is 1.97. The third-order valence-corrected chi connectivity index (χ3v) is 4.20. The van der Waals surface area contributed by atoms with Gasteiger partial charge in [0.15, 0.2) is 6.61 Å². The predicted octanol–water partition coefficient (Wildman–Crippen LogP) is 2.22. The lowest BCUT2D eigenvalue weighted by Gasteiger charge is -2.10. The van der Waals surface area contributed by atoms with Crippen molar-refractivity contribution in [1.82, 2.24) is 15.8 Å². The maximum atomic E-state index is 12.0. The van der Waals surface area contributed by atoms with Gasteiger partial charge in [-0.2, -0.15) is 0 Å². The largest absolute Gasteiger partial charge is 0.483 e. The van der Waals surface area contributed by atoms with Gasteiger partial charge < -0.3 is 4.74 Å². The molecule has 2 aromatic rings. The average molecular weight is 333 g/mol. The van der Waals surface area contributed by atoms with Crippen molar-refractivity contribution in [3.8, 4) is 5.75 Å². The number of aromatic nitrogens is 1. The molecule has 1 heterocycles. The number of rotatable bonds is 4. The van der Waals surface area contributed by atoms with Crippen LogP contribution in [-0.4, -0.2) is 23.4 Å². The molecule has 0 atom stereocenters. The second-order valence-corrected chi connectivity index (χ2v) is 6.41. The van der Waals surface area contributed by atoms with E-state index in [2.05, 4.69) is 15.8 Å². The van der Waals surface area contributed by atoms with Gasteiger partial charge >= 0.3 is 0 Å². The lowest BCUT2D eigenvalue weighted by molar-refractivity contribution is -0.123. The highest BCUT2D eigenvalue weighted by Crippen LogP contribution is 2.19. The van der Waals surface area contributed by atoms with E-state index in [9.17, 15) is 9.59 Å². The maximum absolute atomic E-state index is 12.0. The summed E-state index contributed by atoms with van der Waals surface area (Å²) in [4.78, 5) is 28.4. The fourth-order valence-corrected chi connectivity index (χ4v) is 2.78. The second-order valence-electron chi connectivity index (χ2n) is 5.21. The Morgan fingerprint density at radius 1 is 1.17 bits per heavy atom. The summed E-state index contributed by atoms with van der Waals surface area (Å²) >= 11 is 1.28. The van der Waals surface area contributed by atoms with Crippen LogP contribution >= 0.6 is 11.3 Å². The molecule has 6 nitrogen and oxygen atoms in total. The highest BCUT2D eigenvalue weighted by atomic mass is 32.1. The first-order valence-corrected chi connectivity index (χ1v) is 7.91. The van der Waals surface area contributed by atoms with E-state index in [1.807, 2.05) is 39.0 Å². The highest BCUT2D eigenvalue weighted by molar-refractivity contribution is 7.13. The third-order valence-electron chi connectivity index (χ3n) is 3.13. The standard InChI is InChI=1S/C16H19N3O3S/c1-9-5-6-10(2)13(7-9)22-8-14(20)18-19-16(21)15-11(3)17-12(4)23-15/h5-7H,8H2,1-4H3,(H,18,20)(H,19,21). The van der Waals surface area contributed by atoms with Gasteiger partial charge in [0.2, 0.25) is 0 Å². The van der Waals surface area contributed by atoms with E-state index < -0.39 is 5.91 Å². The van der Waals surface area contributed by atoms with E-state index in [-0.39, 0.29) is 12.5 Å². The highest BCUT2D eigenvalue weighted by Gasteiger charge is 2.14. The van der Waals surface area contributed by atoms with Gasteiger partial charge in [0.1, 0.15) is 10.6 Å². The Morgan fingerprint density at radius 2 is 1.91 bits per heavy atom. The number of amides is 2. The van der Waals surface area contributed by atoms with Crippen LogP contribution in [0.25, 0.3) is 0 Å². The third kappa shape index (κ3) is 4.53. The number of hydrogen-bond acceptors (Lipinski definition) is 5. The number of carbonyl (C=O) groups excluding carboxylic acids is 2.